The molecular formula is B2Mo3. The summed E-state index contributed by atoms with van der Waals surface area (Å²) in [5, 5.41) is 0. The van der Waals surface area contributed by atoms with Gasteiger partial charge in [0.25, 0.3) is 0 Å². The molecule has 0 aromatic heterocycles. The van der Waals surface area contributed by atoms with Crippen LogP contribution in [0.5, 0.6) is 0 Å². The third-order valence-electron chi connectivity index (χ3n) is 0. The number of rotatable bonds is 0. The van der Waals surface area contributed by atoms with Gasteiger partial charge in [0.15, 0.2) is 0 Å². The predicted molar refractivity (Wildman–Crippen MR) is 11.5 cm³/mol. The molecule has 0 heterocycles. The van der Waals surface area contributed by atoms with E-state index in [-0.39, 0.29) is 80.0 Å². The molecule has 24 valence electrons. The summed E-state index contributed by atoms with van der Waals surface area (Å²) in [6.45, 7) is 0. The zero-order chi connectivity index (χ0) is 0. The monoisotopic (exact) mass is 316 g/mol. The van der Waals surface area contributed by atoms with Crippen LogP contribution in [-0.4, -0.2) is 16.8 Å². The molecule has 0 saturated carbocycles. The third-order valence-corrected chi connectivity index (χ3v) is 0. The van der Waals surface area contributed by atoms with Gasteiger partial charge in [0, 0.05) is 80.0 Å². The van der Waals surface area contributed by atoms with E-state index in [2.05, 4.69) is 0 Å². The summed E-state index contributed by atoms with van der Waals surface area (Å²) in [4.78, 5) is 0. The Kier molecular flexibility index (Phi) is 398. The zero-order valence-corrected chi connectivity index (χ0v) is 8.40. The summed E-state index contributed by atoms with van der Waals surface area (Å²) in [5.74, 6) is 0. The first-order valence-corrected chi connectivity index (χ1v) is 0. The summed E-state index contributed by atoms with van der Waals surface area (Å²) < 4.78 is 0. The number of hydrogen-bond donors (Lipinski definition) is 0. The molecule has 0 nitrogen and oxygen atoms in total. The smallest absolute Gasteiger partial charge is 0 e. The molecule has 0 atom stereocenters. The van der Waals surface area contributed by atoms with Crippen LogP contribution >= 0.6 is 0 Å². The van der Waals surface area contributed by atoms with Crippen molar-refractivity contribution in [2.24, 2.45) is 0 Å². The quantitative estimate of drug-likeness (QED) is 0.516. The van der Waals surface area contributed by atoms with Crippen LogP contribution in [0.3, 0.4) is 0 Å². The fourth-order valence-corrected chi connectivity index (χ4v) is 0. The largest absolute Gasteiger partial charge is 0 e. The van der Waals surface area contributed by atoms with E-state index >= 15 is 0 Å². The van der Waals surface area contributed by atoms with Crippen molar-refractivity contribution in [1.82, 2.24) is 0 Å². The van der Waals surface area contributed by atoms with Crippen molar-refractivity contribution in [2.75, 3.05) is 0 Å². The molecule has 0 rings (SSSR count). The first-order valence-electron chi connectivity index (χ1n) is 0. The van der Waals surface area contributed by atoms with Gasteiger partial charge in [-0.2, -0.15) is 0 Å². The van der Waals surface area contributed by atoms with Crippen molar-refractivity contribution in [1.29, 1.82) is 0 Å². The van der Waals surface area contributed by atoms with E-state index in [4.69, 9.17) is 0 Å². The SMILES string of the molecule is [B].[B].[Mo].[Mo].[Mo]. The van der Waals surface area contributed by atoms with Crippen LogP contribution in [0.25, 0.3) is 0 Å². The fraction of sp³-hybridized carbons (Fsp3) is 0. The van der Waals surface area contributed by atoms with Crippen LogP contribution in [0.4, 0.5) is 0 Å². The van der Waals surface area contributed by atoms with Crippen molar-refractivity contribution in [3.05, 3.63) is 0 Å². The molecule has 5 heteroatoms. The first kappa shape index (κ1) is 57.3. The van der Waals surface area contributed by atoms with Gasteiger partial charge in [-0.3, -0.25) is 0 Å². The Labute approximate surface area is 79.2 Å². The molecule has 0 aromatic rings. The van der Waals surface area contributed by atoms with E-state index < -0.39 is 0 Å². The van der Waals surface area contributed by atoms with Crippen LogP contribution in [0.1, 0.15) is 0 Å². The molecule has 0 fully saturated rings. The van der Waals surface area contributed by atoms with Gasteiger partial charge in [-0.05, 0) is 0 Å². The third kappa shape index (κ3) is 22.6. The molecular weight excluding hydrogens is 309 g/mol. The Balaban J connectivity index is 0. The van der Waals surface area contributed by atoms with E-state index in [0.29, 0.717) is 0 Å². The van der Waals surface area contributed by atoms with Gasteiger partial charge < -0.3 is 0 Å². The zero-order valence-electron chi connectivity index (χ0n) is 2.38. The van der Waals surface area contributed by atoms with Gasteiger partial charge in [-0.15, -0.1) is 0 Å². The van der Waals surface area contributed by atoms with Crippen molar-refractivity contribution >= 4 is 16.8 Å². The molecule has 5 heavy (non-hydrogen) atoms. The molecule has 0 unspecified atom stereocenters. The van der Waals surface area contributed by atoms with E-state index in [0.717, 1.165) is 0 Å². The van der Waals surface area contributed by atoms with Crippen LogP contribution in [0, 0.1) is 0 Å². The average molecular weight is 309 g/mol. The minimum atomic E-state index is 0. The van der Waals surface area contributed by atoms with E-state index in [9.17, 15) is 0 Å². The number of hydrogen-bond acceptors (Lipinski definition) is 0. The van der Waals surface area contributed by atoms with Gasteiger partial charge in [0.05, 0.1) is 0 Å². The van der Waals surface area contributed by atoms with E-state index in [1.807, 2.05) is 0 Å². The normalized spacial score (nSPS) is 0. The van der Waals surface area contributed by atoms with Gasteiger partial charge in [-0.25, -0.2) is 0 Å². The maximum absolute atomic E-state index is 0. The van der Waals surface area contributed by atoms with Crippen molar-refractivity contribution in [3.63, 3.8) is 0 Å². The van der Waals surface area contributed by atoms with Gasteiger partial charge in [0.2, 0.25) is 0 Å². The van der Waals surface area contributed by atoms with Gasteiger partial charge in [0.1, 0.15) is 0 Å². The van der Waals surface area contributed by atoms with Crippen LogP contribution in [0.2, 0.25) is 0 Å². The summed E-state index contributed by atoms with van der Waals surface area (Å²) >= 11 is 0. The average Bonchev–Trinajstić information content (AvgIpc) is 0. The summed E-state index contributed by atoms with van der Waals surface area (Å²) in [5.41, 5.74) is 0. The second kappa shape index (κ2) is 34.7. The molecule has 0 aliphatic carbocycles. The first-order chi connectivity index (χ1) is 0. The Morgan fingerprint density at radius 1 is 0.400 bits per heavy atom. The molecule has 0 aliphatic heterocycles. The van der Waals surface area contributed by atoms with Crippen molar-refractivity contribution < 1.29 is 63.2 Å². The molecule has 0 amide bonds. The fourth-order valence-electron chi connectivity index (χ4n) is 0. The summed E-state index contributed by atoms with van der Waals surface area (Å²) in [6.07, 6.45) is 0. The molecule has 0 aromatic carbocycles. The molecule has 6 radical (unpaired) electrons. The molecule has 0 spiro atoms. The van der Waals surface area contributed by atoms with Gasteiger partial charge >= 0.3 is 0 Å². The van der Waals surface area contributed by atoms with E-state index in [1.54, 1.807) is 0 Å². The standard InChI is InChI=1S/2B.3Mo. The second-order valence-corrected chi connectivity index (χ2v) is 0. The molecule has 0 N–H and O–H groups in total. The molecule has 0 bridgehead atoms. The molecule has 0 aliphatic rings. The minimum absolute atomic E-state index is 0. The van der Waals surface area contributed by atoms with Crippen molar-refractivity contribution in [3.8, 4) is 0 Å². The summed E-state index contributed by atoms with van der Waals surface area (Å²) in [7, 11) is 0. The molecule has 0 saturated heterocycles. The Morgan fingerprint density at radius 3 is 0.400 bits per heavy atom. The Morgan fingerprint density at radius 2 is 0.400 bits per heavy atom. The van der Waals surface area contributed by atoms with Crippen LogP contribution in [0.15, 0.2) is 0 Å². The van der Waals surface area contributed by atoms with E-state index in [1.165, 1.54) is 0 Å². The van der Waals surface area contributed by atoms with Gasteiger partial charge in [-0.1, -0.05) is 0 Å². The van der Waals surface area contributed by atoms with Crippen LogP contribution in [-0.2, 0) is 63.2 Å². The topological polar surface area (TPSA) is 0 Å². The van der Waals surface area contributed by atoms with Crippen molar-refractivity contribution in [2.45, 2.75) is 0 Å². The minimum Gasteiger partial charge on any atom is 0 e. The summed E-state index contributed by atoms with van der Waals surface area (Å²) in [6, 6.07) is 0. The predicted octanol–water partition coefficient (Wildman–Crippen LogP) is -0.769. The maximum Gasteiger partial charge on any atom is 0 e. The Bertz CT molecular complexity index is 4.85. The Hall–Kier alpha value is 2.19. The maximum atomic E-state index is 0. The second-order valence-electron chi connectivity index (χ2n) is 0. The van der Waals surface area contributed by atoms with Crippen LogP contribution < -0.4 is 0 Å².